The first kappa shape index (κ1) is 13.1. The van der Waals surface area contributed by atoms with Gasteiger partial charge in [-0.15, -0.1) is 11.3 Å². The molecule has 0 bridgehead atoms. The van der Waals surface area contributed by atoms with Gasteiger partial charge in [-0.2, -0.15) is 0 Å². The Balaban J connectivity index is 2.37. The molecule has 0 unspecified atom stereocenters. The minimum atomic E-state index is -0.0507. The maximum Gasteiger partial charge on any atom is 0.206 e. The van der Waals surface area contributed by atoms with Crippen molar-refractivity contribution in [3.63, 3.8) is 0 Å². The van der Waals surface area contributed by atoms with Crippen LogP contribution in [0.1, 0.15) is 15.2 Å². The molecule has 0 saturated heterocycles. The number of thiophene rings is 1. The first-order chi connectivity index (χ1) is 8.67. The highest BCUT2D eigenvalue weighted by Gasteiger charge is 2.17. The molecule has 0 fully saturated rings. The van der Waals surface area contributed by atoms with Gasteiger partial charge in [0.2, 0.25) is 5.78 Å². The Morgan fingerprint density at radius 3 is 2.50 bits per heavy atom. The number of methoxy groups -OCH3 is 2. The molecule has 0 saturated carbocycles. The van der Waals surface area contributed by atoms with Gasteiger partial charge >= 0.3 is 0 Å². The molecular formula is C13H11BrO3S. The Bertz CT molecular complexity index is 577. The molecule has 3 nitrogen and oxygen atoms in total. The number of ether oxygens (including phenoxy) is 2. The average Bonchev–Trinajstić information content (AvgIpc) is 2.86. The number of carbonyl (C=O) groups is 1. The van der Waals surface area contributed by atoms with Gasteiger partial charge in [-0.05, 0) is 45.6 Å². The summed E-state index contributed by atoms with van der Waals surface area (Å²) >= 11 is 4.74. The van der Waals surface area contributed by atoms with E-state index >= 15 is 0 Å². The van der Waals surface area contributed by atoms with Gasteiger partial charge in [-0.25, -0.2) is 0 Å². The van der Waals surface area contributed by atoms with Crippen molar-refractivity contribution in [3.8, 4) is 11.5 Å². The number of hydrogen-bond acceptors (Lipinski definition) is 4. The van der Waals surface area contributed by atoms with Crippen molar-refractivity contribution in [2.75, 3.05) is 14.2 Å². The van der Waals surface area contributed by atoms with E-state index in [4.69, 9.17) is 9.47 Å². The van der Waals surface area contributed by atoms with E-state index in [2.05, 4.69) is 15.9 Å². The Labute approximate surface area is 117 Å². The number of rotatable bonds is 4. The summed E-state index contributed by atoms with van der Waals surface area (Å²) in [6.07, 6.45) is 0. The first-order valence-corrected chi connectivity index (χ1v) is 6.84. The molecule has 0 spiro atoms. The fourth-order valence-electron chi connectivity index (χ4n) is 1.56. The third-order valence-electron chi connectivity index (χ3n) is 2.47. The summed E-state index contributed by atoms with van der Waals surface area (Å²) in [6, 6.07) is 7.04. The second kappa shape index (κ2) is 5.54. The van der Waals surface area contributed by atoms with Gasteiger partial charge in [0.15, 0.2) is 0 Å². The molecule has 1 aromatic carbocycles. The standard InChI is InChI=1S/C13H11BrO3S/c1-16-10-4-3-8(7-9(10)14)12(15)13-11(17-2)5-6-18-13/h3-7H,1-2H3. The third-order valence-corrected chi connectivity index (χ3v) is 3.98. The van der Waals surface area contributed by atoms with Crippen LogP contribution in [-0.4, -0.2) is 20.0 Å². The number of benzene rings is 1. The number of ketones is 1. The van der Waals surface area contributed by atoms with Gasteiger partial charge in [0, 0.05) is 5.56 Å². The van der Waals surface area contributed by atoms with Gasteiger partial charge in [0.05, 0.1) is 18.7 Å². The first-order valence-electron chi connectivity index (χ1n) is 5.17. The molecule has 0 amide bonds. The van der Waals surface area contributed by atoms with Crippen LogP contribution in [0.25, 0.3) is 0 Å². The molecule has 0 atom stereocenters. The van der Waals surface area contributed by atoms with Gasteiger partial charge in [-0.1, -0.05) is 0 Å². The molecule has 0 radical (unpaired) electrons. The topological polar surface area (TPSA) is 35.5 Å². The summed E-state index contributed by atoms with van der Waals surface area (Å²) in [4.78, 5) is 12.9. The highest BCUT2D eigenvalue weighted by molar-refractivity contribution is 9.10. The zero-order chi connectivity index (χ0) is 13.1. The maximum absolute atomic E-state index is 12.3. The predicted molar refractivity (Wildman–Crippen MR) is 75.0 cm³/mol. The number of hydrogen-bond donors (Lipinski definition) is 0. The van der Waals surface area contributed by atoms with Crippen molar-refractivity contribution in [2.24, 2.45) is 0 Å². The lowest BCUT2D eigenvalue weighted by molar-refractivity contribution is 0.104. The second-order valence-corrected chi connectivity index (χ2v) is 5.27. The van der Waals surface area contributed by atoms with E-state index in [0.29, 0.717) is 21.9 Å². The van der Waals surface area contributed by atoms with Gasteiger partial charge in [0.25, 0.3) is 0 Å². The van der Waals surface area contributed by atoms with E-state index in [9.17, 15) is 4.79 Å². The van der Waals surface area contributed by atoms with E-state index < -0.39 is 0 Å². The highest BCUT2D eigenvalue weighted by Crippen LogP contribution is 2.30. The second-order valence-electron chi connectivity index (χ2n) is 3.50. The van der Waals surface area contributed by atoms with E-state index in [1.54, 1.807) is 38.5 Å². The van der Waals surface area contributed by atoms with E-state index in [0.717, 1.165) is 4.47 Å². The fraction of sp³-hybridized carbons (Fsp3) is 0.154. The van der Waals surface area contributed by atoms with Gasteiger partial charge in [-0.3, -0.25) is 4.79 Å². The quantitative estimate of drug-likeness (QED) is 0.802. The van der Waals surface area contributed by atoms with Crippen LogP contribution in [0.5, 0.6) is 11.5 Å². The summed E-state index contributed by atoms with van der Waals surface area (Å²) in [7, 11) is 3.15. The van der Waals surface area contributed by atoms with Crippen LogP contribution in [0.4, 0.5) is 0 Å². The molecular weight excluding hydrogens is 316 g/mol. The van der Waals surface area contributed by atoms with Crippen LogP contribution < -0.4 is 9.47 Å². The average molecular weight is 327 g/mol. The summed E-state index contributed by atoms with van der Waals surface area (Å²) in [5.41, 5.74) is 0.600. The molecule has 5 heteroatoms. The van der Waals surface area contributed by atoms with Crippen LogP contribution in [0.3, 0.4) is 0 Å². The minimum absolute atomic E-state index is 0.0507. The Morgan fingerprint density at radius 1 is 1.17 bits per heavy atom. The Kier molecular flexibility index (Phi) is 4.04. The van der Waals surface area contributed by atoms with E-state index in [1.165, 1.54) is 11.3 Å². The monoisotopic (exact) mass is 326 g/mol. The molecule has 2 aromatic rings. The van der Waals surface area contributed by atoms with Crippen LogP contribution in [-0.2, 0) is 0 Å². The van der Waals surface area contributed by atoms with E-state index in [1.807, 2.05) is 5.38 Å². The van der Waals surface area contributed by atoms with Crippen LogP contribution >= 0.6 is 27.3 Å². The van der Waals surface area contributed by atoms with E-state index in [-0.39, 0.29) is 5.78 Å². The Morgan fingerprint density at radius 2 is 1.89 bits per heavy atom. The number of carbonyl (C=O) groups excluding carboxylic acids is 1. The number of halogens is 1. The van der Waals surface area contributed by atoms with Crippen molar-refractivity contribution >= 4 is 33.0 Å². The van der Waals surface area contributed by atoms with Crippen LogP contribution in [0.2, 0.25) is 0 Å². The Hall–Kier alpha value is -1.33. The predicted octanol–water partition coefficient (Wildman–Crippen LogP) is 3.76. The summed E-state index contributed by atoms with van der Waals surface area (Å²) in [5.74, 6) is 1.26. The van der Waals surface area contributed by atoms with Crippen molar-refractivity contribution in [1.29, 1.82) is 0 Å². The maximum atomic E-state index is 12.3. The normalized spacial score (nSPS) is 10.2. The fourth-order valence-corrected chi connectivity index (χ4v) is 2.92. The molecule has 94 valence electrons. The zero-order valence-corrected chi connectivity index (χ0v) is 12.3. The van der Waals surface area contributed by atoms with Crippen LogP contribution in [0.15, 0.2) is 34.1 Å². The molecule has 18 heavy (non-hydrogen) atoms. The molecule has 0 aliphatic carbocycles. The smallest absolute Gasteiger partial charge is 0.206 e. The van der Waals surface area contributed by atoms with Crippen LogP contribution in [0, 0.1) is 0 Å². The molecule has 0 aliphatic heterocycles. The summed E-state index contributed by atoms with van der Waals surface area (Å²) < 4.78 is 11.0. The van der Waals surface area contributed by atoms with Crippen molar-refractivity contribution in [3.05, 3.63) is 44.6 Å². The van der Waals surface area contributed by atoms with Crippen molar-refractivity contribution in [2.45, 2.75) is 0 Å². The lowest BCUT2D eigenvalue weighted by Crippen LogP contribution is -2.01. The zero-order valence-electron chi connectivity index (χ0n) is 9.90. The molecule has 0 N–H and O–H groups in total. The minimum Gasteiger partial charge on any atom is -0.496 e. The SMILES string of the molecule is COc1ccc(C(=O)c2sccc2OC)cc1Br. The van der Waals surface area contributed by atoms with Crippen molar-refractivity contribution < 1.29 is 14.3 Å². The third kappa shape index (κ3) is 2.42. The lowest BCUT2D eigenvalue weighted by Gasteiger charge is -2.06. The lowest BCUT2D eigenvalue weighted by atomic mass is 10.1. The molecule has 0 aliphatic rings. The molecule has 1 aromatic heterocycles. The van der Waals surface area contributed by atoms with Gasteiger partial charge < -0.3 is 9.47 Å². The van der Waals surface area contributed by atoms with Crippen molar-refractivity contribution in [1.82, 2.24) is 0 Å². The summed E-state index contributed by atoms with van der Waals surface area (Å²) in [5, 5.41) is 1.84. The van der Waals surface area contributed by atoms with Gasteiger partial charge in [0.1, 0.15) is 16.4 Å². The largest absolute Gasteiger partial charge is 0.496 e. The summed E-state index contributed by atoms with van der Waals surface area (Å²) in [6.45, 7) is 0. The highest BCUT2D eigenvalue weighted by atomic mass is 79.9. The molecule has 1 heterocycles. The molecule has 2 rings (SSSR count).